The first-order valence-corrected chi connectivity index (χ1v) is 10.9. The molecule has 0 bridgehead atoms. The van der Waals surface area contributed by atoms with Gasteiger partial charge in [0.1, 0.15) is 18.1 Å². The summed E-state index contributed by atoms with van der Waals surface area (Å²) < 4.78 is 0. The molecule has 9 heteroatoms. The van der Waals surface area contributed by atoms with Crippen LogP contribution in [-0.2, 0) is 25.6 Å². The van der Waals surface area contributed by atoms with Crippen LogP contribution in [0.3, 0.4) is 0 Å². The lowest BCUT2D eigenvalue weighted by atomic mass is 10.0. The van der Waals surface area contributed by atoms with E-state index in [9.17, 15) is 19.2 Å². The van der Waals surface area contributed by atoms with E-state index in [2.05, 4.69) is 22.5 Å². The van der Waals surface area contributed by atoms with E-state index in [1.165, 1.54) is 4.90 Å². The zero-order chi connectivity index (χ0) is 23.1. The van der Waals surface area contributed by atoms with Crippen molar-refractivity contribution in [3.63, 3.8) is 0 Å². The molecule has 2 aliphatic rings. The van der Waals surface area contributed by atoms with Crippen molar-refractivity contribution in [2.24, 2.45) is 0 Å². The van der Waals surface area contributed by atoms with Gasteiger partial charge in [0.25, 0.3) is 0 Å². The number of hydrogen-bond acceptors (Lipinski definition) is 5. The van der Waals surface area contributed by atoms with Crippen molar-refractivity contribution in [3.8, 4) is 0 Å². The van der Waals surface area contributed by atoms with Crippen LogP contribution in [0.25, 0.3) is 0 Å². The second-order valence-electron chi connectivity index (χ2n) is 8.15. The molecule has 0 aliphatic carbocycles. The molecule has 0 aromatic heterocycles. The van der Waals surface area contributed by atoms with Gasteiger partial charge in [-0.05, 0) is 36.8 Å². The first kappa shape index (κ1) is 23.5. The Hall–Kier alpha value is -3.20. The van der Waals surface area contributed by atoms with Gasteiger partial charge in [-0.2, -0.15) is 0 Å². The van der Waals surface area contributed by atoms with E-state index >= 15 is 0 Å². The van der Waals surface area contributed by atoms with Crippen LogP contribution in [0, 0.1) is 0 Å². The van der Waals surface area contributed by atoms with Crippen molar-refractivity contribution >= 4 is 23.6 Å². The fraction of sp³-hybridized carbons (Fsp3) is 0.478. The van der Waals surface area contributed by atoms with Gasteiger partial charge in [-0.15, -0.1) is 0 Å². The fourth-order valence-electron chi connectivity index (χ4n) is 4.08. The van der Waals surface area contributed by atoms with Crippen LogP contribution in [0.15, 0.2) is 42.5 Å². The molecule has 32 heavy (non-hydrogen) atoms. The Morgan fingerprint density at radius 1 is 1.00 bits per heavy atom. The number of aliphatic hydroxyl groups excluding tert-OH is 1. The molecule has 1 aromatic rings. The molecule has 1 unspecified atom stereocenters. The van der Waals surface area contributed by atoms with Crippen molar-refractivity contribution in [1.82, 2.24) is 20.9 Å². The highest BCUT2D eigenvalue weighted by Crippen LogP contribution is 2.24. The molecule has 4 N–H and O–H groups in total. The normalized spacial score (nSPS) is 24.7. The first-order valence-electron chi connectivity index (χ1n) is 10.9. The number of hydrogen-bond donors (Lipinski definition) is 4. The largest absolute Gasteiger partial charge is 0.396 e. The van der Waals surface area contributed by atoms with E-state index in [1.54, 1.807) is 0 Å². The summed E-state index contributed by atoms with van der Waals surface area (Å²) >= 11 is 0. The highest BCUT2D eigenvalue weighted by molar-refractivity contribution is 5.98. The lowest BCUT2D eigenvalue weighted by Gasteiger charge is -2.31. The molecule has 1 aromatic carbocycles. The molecule has 4 amide bonds. The van der Waals surface area contributed by atoms with E-state index < -0.39 is 35.8 Å². The Morgan fingerprint density at radius 2 is 1.75 bits per heavy atom. The fourth-order valence-corrected chi connectivity index (χ4v) is 4.08. The van der Waals surface area contributed by atoms with E-state index in [-0.39, 0.29) is 25.5 Å². The van der Waals surface area contributed by atoms with Crippen molar-refractivity contribution in [2.45, 2.75) is 50.2 Å². The summed E-state index contributed by atoms with van der Waals surface area (Å²) in [6.07, 6.45) is 2.05. The lowest BCUT2D eigenvalue weighted by molar-refractivity contribution is -0.142. The van der Waals surface area contributed by atoms with Crippen LogP contribution in [0.4, 0.5) is 0 Å². The van der Waals surface area contributed by atoms with Gasteiger partial charge in [0.15, 0.2) is 0 Å². The minimum Gasteiger partial charge on any atom is -0.396 e. The Balaban J connectivity index is 1.86. The maximum Gasteiger partial charge on any atom is 0.247 e. The minimum atomic E-state index is -0.898. The molecule has 172 valence electrons. The van der Waals surface area contributed by atoms with Gasteiger partial charge in [-0.1, -0.05) is 36.9 Å². The number of aliphatic hydroxyl groups is 1. The number of carbonyl (C=O) groups is 4. The van der Waals surface area contributed by atoms with Gasteiger partial charge in [0.2, 0.25) is 23.6 Å². The molecule has 0 spiro atoms. The second kappa shape index (κ2) is 10.9. The van der Waals surface area contributed by atoms with E-state index in [0.29, 0.717) is 37.8 Å². The van der Waals surface area contributed by atoms with Gasteiger partial charge in [-0.25, -0.2) is 0 Å². The zero-order valence-electron chi connectivity index (χ0n) is 18.0. The number of unbranched alkanes of at least 4 members (excludes halogenated alkanes) is 1. The van der Waals surface area contributed by atoms with Gasteiger partial charge in [0.05, 0.1) is 6.54 Å². The Morgan fingerprint density at radius 3 is 2.47 bits per heavy atom. The van der Waals surface area contributed by atoms with E-state index in [0.717, 1.165) is 5.56 Å². The first-order chi connectivity index (χ1) is 15.4. The summed E-state index contributed by atoms with van der Waals surface area (Å²) in [7, 11) is 0. The number of nitrogens with zero attached hydrogens (tertiary/aromatic N) is 1. The van der Waals surface area contributed by atoms with Crippen molar-refractivity contribution in [3.05, 3.63) is 48.0 Å². The molecular formula is C23H30N4O5. The molecule has 2 saturated heterocycles. The smallest absolute Gasteiger partial charge is 0.247 e. The number of carbonyl (C=O) groups excluding carboxylic acids is 4. The molecule has 9 nitrogen and oxygen atoms in total. The second-order valence-corrected chi connectivity index (χ2v) is 8.15. The minimum absolute atomic E-state index is 0.0186. The summed E-state index contributed by atoms with van der Waals surface area (Å²) in [5.74, 6) is -1.78. The van der Waals surface area contributed by atoms with Crippen molar-refractivity contribution < 1.29 is 24.3 Å². The zero-order valence-corrected chi connectivity index (χ0v) is 18.0. The molecule has 0 saturated carbocycles. The SMILES string of the molecule is C=C1CCN2C(=O)C(Cc3ccccc3)NC(=O)CNC(=O)[C@H](CCCCO)NC(=O)[C@@H]12. The van der Waals surface area contributed by atoms with Crippen LogP contribution in [0.1, 0.15) is 31.2 Å². The quantitative estimate of drug-likeness (QED) is 0.354. The van der Waals surface area contributed by atoms with Gasteiger partial charge < -0.3 is 26.0 Å². The van der Waals surface area contributed by atoms with Crippen molar-refractivity contribution in [2.75, 3.05) is 19.7 Å². The van der Waals surface area contributed by atoms with Crippen molar-refractivity contribution in [1.29, 1.82) is 0 Å². The predicted molar refractivity (Wildman–Crippen MR) is 117 cm³/mol. The Labute approximate surface area is 187 Å². The molecular weight excluding hydrogens is 412 g/mol. The maximum absolute atomic E-state index is 13.4. The van der Waals surface area contributed by atoms with Gasteiger partial charge >= 0.3 is 0 Å². The monoisotopic (exact) mass is 442 g/mol. The molecule has 3 atom stereocenters. The average Bonchev–Trinajstić information content (AvgIpc) is 3.17. The topological polar surface area (TPSA) is 128 Å². The summed E-state index contributed by atoms with van der Waals surface area (Å²) in [6, 6.07) is 6.65. The summed E-state index contributed by atoms with van der Waals surface area (Å²) in [5, 5.41) is 17.0. The molecule has 2 aliphatic heterocycles. The maximum atomic E-state index is 13.4. The Kier molecular flexibility index (Phi) is 7.99. The van der Waals surface area contributed by atoms with Gasteiger partial charge in [-0.3, -0.25) is 19.2 Å². The molecule has 0 radical (unpaired) electrons. The van der Waals surface area contributed by atoms with E-state index in [4.69, 9.17) is 5.11 Å². The van der Waals surface area contributed by atoms with Crippen LogP contribution >= 0.6 is 0 Å². The summed E-state index contributed by atoms with van der Waals surface area (Å²) in [5.41, 5.74) is 1.46. The standard InChI is InChI=1S/C23H30N4O5/c1-15-10-11-27-20(15)22(31)26-17(9-5-6-12-28)21(30)24-14-19(29)25-18(23(27)32)13-16-7-3-2-4-8-16/h2-4,7-8,17-18,20,28H,1,5-6,9-14H2,(H,24,30)(H,25,29)(H,26,31)/t17-,18?,20+/m0/s1. The third-order valence-corrected chi connectivity index (χ3v) is 5.78. The lowest BCUT2D eigenvalue weighted by Crippen LogP contribution is -2.59. The number of amides is 4. The molecule has 2 heterocycles. The Bertz CT molecular complexity index is 872. The van der Waals surface area contributed by atoms with Crippen LogP contribution in [-0.4, -0.2) is 71.5 Å². The average molecular weight is 443 g/mol. The third kappa shape index (κ3) is 5.73. The summed E-state index contributed by atoms with van der Waals surface area (Å²) in [6.45, 7) is 3.95. The van der Waals surface area contributed by atoms with Gasteiger partial charge in [0, 0.05) is 19.6 Å². The van der Waals surface area contributed by atoms with Crippen LogP contribution < -0.4 is 16.0 Å². The highest BCUT2D eigenvalue weighted by Gasteiger charge is 2.41. The predicted octanol–water partition coefficient (Wildman–Crippen LogP) is -0.352. The molecule has 2 fully saturated rings. The number of benzene rings is 1. The summed E-state index contributed by atoms with van der Waals surface area (Å²) in [4.78, 5) is 53.2. The third-order valence-electron chi connectivity index (χ3n) is 5.78. The highest BCUT2D eigenvalue weighted by atomic mass is 16.3. The number of fused-ring (bicyclic) bond motifs is 1. The molecule has 3 rings (SSSR count). The number of rotatable bonds is 6. The van der Waals surface area contributed by atoms with Crippen LogP contribution in [0.2, 0.25) is 0 Å². The van der Waals surface area contributed by atoms with Crippen LogP contribution in [0.5, 0.6) is 0 Å². The number of nitrogens with one attached hydrogen (secondary N) is 3. The van der Waals surface area contributed by atoms with E-state index in [1.807, 2.05) is 30.3 Å².